The van der Waals surface area contributed by atoms with Crippen LogP contribution in [0.15, 0.2) is 22.3 Å². The summed E-state index contributed by atoms with van der Waals surface area (Å²) in [5.74, 6) is -2.08. The fraction of sp³-hybridized carbons (Fsp3) is 0.412. The number of hydrogen-bond acceptors (Lipinski definition) is 12. The monoisotopic (exact) mass is 469 g/mol. The van der Waals surface area contributed by atoms with Gasteiger partial charge in [-0.1, -0.05) is 5.16 Å². The number of carbonyl (C=O) groups excluding carboxylic acids is 4. The topological polar surface area (TPSA) is 163 Å². The lowest BCUT2D eigenvalue weighted by molar-refractivity contribution is -0.180. The first-order valence-electron chi connectivity index (χ1n) is 8.87. The van der Waals surface area contributed by atoms with Crippen molar-refractivity contribution in [1.29, 1.82) is 0 Å². The summed E-state index contributed by atoms with van der Waals surface area (Å²) in [6.07, 6.45) is 0.325. The van der Waals surface area contributed by atoms with Gasteiger partial charge in [-0.05, 0) is 0 Å². The van der Waals surface area contributed by atoms with E-state index in [1.165, 1.54) is 43.8 Å². The third-order valence-electron chi connectivity index (χ3n) is 4.10. The summed E-state index contributed by atoms with van der Waals surface area (Å²) in [5, 5.41) is 7.71. The second kappa shape index (κ2) is 9.34. The molecule has 2 aliphatic rings. The number of nitrogens with two attached hydrogens (primary N) is 1. The van der Waals surface area contributed by atoms with E-state index in [0.717, 1.165) is 11.3 Å². The first-order valence-corrected chi connectivity index (χ1v) is 10.8. The maximum absolute atomic E-state index is 12.6. The molecule has 3 atom stereocenters. The van der Waals surface area contributed by atoms with Crippen LogP contribution < -0.4 is 11.1 Å². The van der Waals surface area contributed by atoms with Gasteiger partial charge in [0.25, 0.3) is 11.8 Å². The third kappa shape index (κ3) is 4.96. The maximum atomic E-state index is 12.6. The number of amides is 2. The average molecular weight is 470 g/mol. The molecular weight excluding hydrogens is 450 g/mol. The van der Waals surface area contributed by atoms with Crippen LogP contribution in [0.3, 0.4) is 0 Å². The number of nitrogen functional groups attached to an aromatic ring is 1. The lowest BCUT2D eigenvalue weighted by Crippen LogP contribution is -2.69. The van der Waals surface area contributed by atoms with Gasteiger partial charge >= 0.3 is 11.9 Å². The number of ether oxygens (including phenoxy) is 2. The van der Waals surface area contributed by atoms with Crippen LogP contribution >= 0.6 is 23.1 Å². The predicted octanol–water partition coefficient (Wildman–Crippen LogP) is -0.188. The largest absolute Gasteiger partial charge is 0.426 e. The van der Waals surface area contributed by atoms with E-state index in [4.69, 9.17) is 20.0 Å². The van der Waals surface area contributed by atoms with Gasteiger partial charge in [0.05, 0.1) is 5.57 Å². The van der Waals surface area contributed by atoms with Gasteiger partial charge in [-0.2, -0.15) is 0 Å². The summed E-state index contributed by atoms with van der Waals surface area (Å²) in [6, 6.07) is -0.815. The summed E-state index contributed by atoms with van der Waals surface area (Å²) in [4.78, 5) is 58.3. The quantitative estimate of drug-likeness (QED) is 0.180. The molecule has 2 unspecified atom stereocenters. The molecule has 0 bridgehead atoms. The van der Waals surface area contributed by atoms with Crippen molar-refractivity contribution in [1.82, 2.24) is 15.2 Å². The van der Waals surface area contributed by atoms with Gasteiger partial charge < -0.3 is 30.3 Å². The van der Waals surface area contributed by atoms with Crippen LogP contribution in [-0.4, -0.2) is 69.9 Å². The number of β-lactam (4-membered cyclic amide) rings is 1. The fourth-order valence-corrected chi connectivity index (χ4v) is 4.60. The molecule has 1 saturated heterocycles. The first kappa shape index (κ1) is 22.6. The molecule has 0 radical (unpaired) electrons. The molecule has 14 heteroatoms. The summed E-state index contributed by atoms with van der Waals surface area (Å²) < 4.78 is 9.79. The second-order valence-corrected chi connectivity index (χ2v) is 8.32. The number of oxime groups is 1. The zero-order chi connectivity index (χ0) is 22.7. The molecule has 0 spiro atoms. The van der Waals surface area contributed by atoms with Crippen LogP contribution in [0.2, 0.25) is 0 Å². The summed E-state index contributed by atoms with van der Waals surface area (Å²) in [5.41, 5.74) is 5.95. The van der Waals surface area contributed by atoms with E-state index in [1.807, 2.05) is 0 Å². The number of anilines is 1. The highest BCUT2D eigenvalue weighted by molar-refractivity contribution is 8.00. The second-order valence-electron chi connectivity index (χ2n) is 6.33. The number of esters is 2. The lowest BCUT2D eigenvalue weighted by atomic mass is 10.1. The lowest BCUT2D eigenvalue weighted by Gasteiger charge is -2.47. The predicted molar refractivity (Wildman–Crippen MR) is 110 cm³/mol. The van der Waals surface area contributed by atoms with Gasteiger partial charge in [0, 0.05) is 31.2 Å². The molecular formula is C17H19N5O7S2. The van der Waals surface area contributed by atoms with Crippen LogP contribution in [-0.2, 0) is 33.5 Å². The molecule has 0 saturated carbocycles. The zero-order valence-electron chi connectivity index (χ0n) is 16.7. The molecule has 0 aromatic carbocycles. The van der Waals surface area contributed by atoms with Crippen molar-refractivity contribution >= 4 is 57.7 Å². The van der Waals surface area contributed by atoms with Crippen molar-refractivity contribution in [3.05, 3.63) is 22.8 Å². The minimum Gasteiger partial charge on any atom is -0.426 e. The number of thioether (sulfide) groups is 1. The Balaban J connectivity index is 1.63. The van der Waals surface area contributed by atoms with E-state index >= 15 is 0 Å². The van der Waals surface area contributed by atoms with Crippen molar-refractivity contribution in [3.63, 3.8) is 0 Å². The standard InChI is InChI=1S/C17H19N5O7S2/c1-7(23)28-8(2)29-16(26)9-4-22-14(25)12(15(22)30-5-9)20-13(24)11(21-27-3)10-6-31-17(18)19-10/h4,6,8,12,15H,5H2,1-3H3,(H2,18,19)(H,20,24)/t8?,12?,15-/m1/s1. The first-order chi connectivity index (χ1) is 14.7. The number of thiazole rings is 1. The average Bonchev–Trinajstić information content (AvgIpc) is 3.14. The van der Waals surface area contributed by atoms with Crippen LogP contribution in [0.4, 0.5) is 5.13 Å². The maximum Gasteiger partial charge on any atom is 0.339 e. The van der Waals surface area contributed by atoms with Gasteiger partial charge in [-0.3, -0.25) is 14.4 Å². The van der Waals surface area contributed by atoms with Gasteiger partial charge in [0.1, 0.15) is 24.2 Å². The van der Waals surface area contributed by atoms with Crippen molar-refractivity contribution in [2.75, 3.05) is 18.6 Å². The molecule has 166 valence electrons. The Labute approximate surface area is 184 Å². The van der Waals surface area contributed by atoms with E-state index in [2.05, 4.69) is 15.5 Å². The summed E-state index contributed by atoms with van der Waals surface area (Å²) in [6.45, 7) is 2.61. The number of rotatable bonds is 7. The number of fused-ring (bicyclic) bond motifs is 1. The summed E-state index contributed by atoms with van der Waals surface area (Å²) in [7, 11) is 1.28. The molecule has 3 rings (SSSR count). The van der Waals surface area contributed by atoms with Gasteiger partial charge in [0.2, 0.25) is 6.29 Å². The van der Waals surface area contributed by atoms with Crippen LogP contribution in [0, 0.1) is 0 Å². The highest BCUT2D eigenvalue weighted by Gasteiger charge is 2.50. The van der Waals surface area contributed by atoms with Gasteiger partial charge in [0.15, 0.2) is 10.8 Å². The Kier molecular flexibility index (Phi) is 6.80. The Morgan fingerprint density at radius 2 is 2.13 bits per heavy atom. The molecule has 3 N–H and O–H groups in total. The molecule has 0 aliphatic carbocycles. The van der Waals surface area contributed by atoms with Crippen LogP contribution in [0.25, 0.3) is 0 Å². The fourth-order valence-electron chi connectivity index (χ4n) is 2.81. The van der Waals surface area contributed by atoms with E-state index in [1.54, 1.807) is 5.38 Å². The van der Waals surface area contributed by atoms with Crippen LogP contribution in [0.1, 0.15) is 19.5 Å². The Hall–Kier alpha value is -3.13. The van der Waals surface area contributed by atoms with Crippen molar-refractivity contribution in [2.24, 2.45) is 5.16 Å². The highest BCUT2D eigenvalue weighted by atomic mass is 32.2. The van der Waals surface area contributed by atoms with E-state index in [0.29, 0.717) is 0 Å². The van der Waals surface area contributed by atoms with Crippen molar-refractivity contribution in [3.8, 4) is 0 Å². The minimum absolute atomic E-state index is 0.109. The number of carbonyl (C=O) groups is 4. The molecule has 1 aromatic rings. The molecule has 1 fully saturated rings. The molecule has 3 heterocycles. The highest BCUT2D eigenvalue weighted by Crippen LogP contribution is 2.36. The third-order valence-corrected chi connectivity index (χ3v) is 6.09. The minimum atomic E-state index is -1.05. The van der Waals surface area contributed by atoms with E-state index < -0.39 is 41.5 Å². The molecule has 2 aliphatic heterocycles. The Morgan fingerprint density at radius 3 is 2.74 bits per heavy atom. The van der Waals surface area contributed by atoms with Crippen LogP contribution in [0.5, 0.6) is 0 Å². The van der Waals surface area contributed by atoms with Gasteiger partial charge in [-0.25, -0.2) is 9.78 Å². The van der Waals surface area contributed by atoms with Crippen molar-refractivity contribution in [2.45, 2.75) is 31.6 Å². The molecule has 2 amide bonds. The van der Waals surface area contributed by atoms with E-state index in [-0.39, 0.29) is 27.9 Å². The normalized spacial score (nSPS) is 21.3. The Bertz CT molecular complexity index is 976. The Morgan fingerprint density at radius 1 is 1.39 bits per heavy atom. The summed E-state index contributed by atoms with van der Waals surface area (Å²) >= 11 is 2.41. The smallest absolute Gasteiger partial charge is 0.339 e. The zero-order valence-corrected chi connectivity index (χ0v) is 18.3. The van der Waals surface area contributed by atoms with Crippen molar-refractivity contribution < 1.29 is 33.5 Å². The molecule has 1 aromatic heterocycles. The number of nitrogens with one attached hydrogen (secondary N) is 1. The van der Waals surface area contributed by atoms with Gasteiger partial charge in [-0.15, -0.1) is 23.1 Å². The molecule has 12 nitrogen and oxygen atoms in total. The molecule has 31 heavy (non-hydrogen) atoms. The SMILES string of the molecule is CON=C(C(=O)NC1C(=O)N2C=C(C(=O)OC(C)OC(C)=O)CS[C@H]12)c1csc(N)n1. The number of hydrogen-bond donors (Lipinski definition) is 2. The van der Waals surface area contributed by atoms with E-state index in [9.17, 15) is 19.2 Å². The number of nitrogens with zero attached hydrogens (tertiary/aromatic N) is 3. The number of aromatic nitrogens is 1.